The van der Waals surface area contributed by atoms with Crippen LogP contribution in [0.15, 0.2) is 6.20 Å². The van der Waals surface area contributed by atoms with Gasteiger partial charge in [0.15, 0.2) is 5.69 Å². The monoisotopic (exact) mass is 327 g/mol. The van der Waals surface area contributed by atoms with Crippen LogP contribution >= 0.6 is 12.4 Å². The minimum absolute atomic E-state index is 0. The normalized spacial score (nSPS) is 24.2. The summed E-state index contributed by atoms with van der Waals surface area (Å²) in [4.78, 5) is 14.5. The first-order chi connectivity index (χ1) is 10.1. The molecule has 2 aliphatic rings. The number of carbonyl (C=O) groups is 1. The van der Waals surface area contributed by atoms with Gasteiger partial charge in [0.2, 0.25) is 0 Å². The van der Waals surface area contributed by atoms with Gasteiger partial charge in [-0.2, -0.15) is 0 Å². The highest BCUT2D eigenvalue weighted by molar-refractivity contribution is 5.92. The van der Waals surface area contributed by atoms with Crippen LogP contribution in [0.3, 0.4) is 0 Å². The Labute approximate surface area is 138 Å². The number of aromatic nitrogens is 3. The summed E-state index contributed by atoms with van der Waals surface area (Å²) in [6, 6.07) is 1.05. The second-order valence-corrected chi connectivity index (χ2v) is 6.73. The summed E-state index contributed by atoms with van der Waals surface area (Å²) in [6.45, 7) is 6.81. The Bertz CT molecular complexity index is 504. The molecule has 2 saturated heterocycles. The Morgan fingerprint density at radius 2 is 2.14 bits per heavy atom. The van der Waals surface area contributed by atoms with Crippen molar-refractivity contribution in [2.75, 3.05) is 13.1 Å². The summed E-state index contributed by atoms with van der Waals surface area (Å²) in [6.07, 6.45) is 6.31. The van der Waals surface area contributed by atoms with Crippen molar-refractivity contribution in [1.82, 2.24) is 25.2 Å². The molecule has 7 heteroatoms. The van der Waals surface area contributed by atoms with Crippen LogP contribution in [0.2, 0.25) is 0 Å². The molecule has 1 aromatic heterocycles. The van der Waals surface area contributed by atoms with Crippen molar-refractivity contribution in [2.24, 2.45) is 5.92 Å². The van der Waals surface area contributed by atoms with Gasteiger partial charge < -0.3 is 10.2 Å². The van der Waals surface area contributed by atoms with E-state index in [1.54, 1.807) is 10.9 Å². The van der Waals surface area contributed by atoms with E-state index in [9.17, 15) is 4.79 Å². The lowest BCUT2D eigenvalue weighted by atomic mass is 10.1. The fourth-order valence-corrected chi connectivity index (χ4v) is 3.19. The Hall–Kier alpha value is -1.14. The van der Waals surface area contributed by atoms with Gasteiger partial charge >= 0.3 is 0 Å². The molecule has 0 aromatic carbocycles. The van der Waals surface area contributed by atoms with Crippen LogP contribution in [-0.4, -0.2) is 51.0 Å². The van der Waals surface area contributed by atoms with E-state index in [4.69, 9.17) is 0 Å². The van der Waals surface area contributed by atoms with Crippen molar-refractivity contribution in [3.63, 3.8) is 0 Å². The number of nitrogens with zero attached hydrogens (tertiary/aromatic N) is 4. The summed E-state index contributed by atoms with van der Waals surface area (Å²) in [5, 5.41) is 11.7. The zero-order valence-corrected chi connectivity index (χ0v) is 14.2. The second kappa shape index (κ2) is 7.42. The van der Waals surface area contributed by atoms with E-state index >= 15 is 0 Å². The Morgan fingerprint density at radius 3 is 2.91 bits per heavy atom. The molecule has 0 spiro atoms. The van der Waals surface area contributed by atoms with Gasteiger partial charge in [-0.25, -0.2) is 0 Å². The fourth-order valence-electron chi connectivity index (χ4n) is 3.19. The molecule has 22 heavy (non-hydrogen) atoms. The van der Waals surface area contributed by atoms with E-state index in [1.807, 2.05) is 4.90 Å². The van der Waals surface area contributed by atoms with E-state index in [0.29, 0.717) is 23.7 Å². The predicted octanol–water partition coefficient (Wildman–Crippen LogP) is 1.71. The number of nitrogens with one attached hydrogen (secondary N) is 1. The Morgan fingerprint density at radius 1 is 1.36 bits per heavy atom. The number of rotatable bonds is 4. The van der Waals surface area contributed by atoms with Gasteiger partial charge in [-0.1, -0.05) is 19.1 Å². The molecule has 1 N–H and O–H groups in total. The smallest absolute Gasteiger partial charge is 0.276 e. The lowest BCUT2D eigenvalue weighted by Crippen LogP contribution is -2.39. The molecule has 1 amide bonds. The van der Waals surface area contributed by atoms with Crippen LogP contribution in [0.25, 0.3) is 0 Å². The second-order valence-electron chi connectivity index (χ2n) is 6.73. The highest BCUT2D eigenvalue weighted by Gasteiger charge is 2.32. The number of halogens is 1. The molecule has 1 aromatic rings. The largest absolute Gasteiger partial charge is 0.336 e. The number of fused-ring (bicyclic) bond motifs is 2. The summed E-state index contributed by atoms with van der Waals surface area (Å²) in [5.41, 5.74) is 0.483. The van der Waals surface area contributed by atoms with Gasteiger partial charge in [-0.15, -0.1) is 17.5 Å². The van der Waals surface area contributed by atoms with E-state index in [-0.39, 0.29) is 18.3 Å². The molecule has 0 radical (unpaired) electrons. The van der Waals surface area contributed by atoms with Crippen molar-refractivity contribution in [3.8, 4) is 0 Å². The SMILES string of the molecule is CC(C)CCn1cc(C(=O)N2CCC3CCC(C2)N3)nn1.Cl. The van der Waals surface area contributed by atoms with Gasteiger partial charge in [-0.3, -0.25) is 9.48 Å². The quantitative estimate of drug-likeness (QED) is 0.914. The maximum atomic E-state index is 12.6. The molecular formula is C15H26ClN5O. The summed E-state index contributed by atoms with van der Waals surface area (Å²) < 4.78 is 1.79. The Kier molecular flexibility index (Phi) is 5.81. The lowest BCUT2D eigenvalue weighted by molar-refractivity contribution is 0.0742. The molecule has 0 aliphatic carbocycles. The molecule has 2 atom stereocenters. The fraction of sp³-hybridized carbons (Fsp3) is 0.800. The third kappa shape index (κ3) is 3.98. The van der Waals surface area contributed by atoms with Crippen LogP contribution in [0.1, 0.15) is 50.0 Å². The molecule has 2 aliphatic heterocycles. The zero-order valence-electron chi connectivity index (χ0n) is 13.4. The molecule has 6 nitrogen and oxygen atoms in total. The van der Waals surface area contributed by atoms with Crippen molar-refractivity contribution >= 4 is 18.3 Å². The maximum absolute atomic E-state index is 12.6. The number of likely N-dealkylation sites (tertiary alicyclic amines) is 1. The van der Waals surface area contributed by atoms with Gasteiger partial charge in [0.05, 0.1) is 6.20 Å². The molecular weight excluding hydrogens is 302 g/mol. The lowest BCUT2D eigenvalue weighted by Gasteiger charge is -2.23. The topological polar surface area (TPSA) is 63.1 Å². The van der Waals surface area contributed by atoms with Crippen molar-refractivity contribution in [3.05, 3.63) is 11.9 Å². The summed E-state index contributed by atoms with van der Waals surface area (Å²) in [7, 11) is 0. The first-order valence-corrected chi connectivity index (χ1v) is 8.07. The molecule has 3 rings (SSSR count). The Balaban J connectivity index is 0.00000176. The minimum Gasteiger partial charge on any atom is -0.336 e. The van der Waals surface area contributed by atoms with Gasteiger partial charge in [-0.05, 0) is 31.6 Å². The highest BCUT2D eigenvalue weighted by Crippen LogP contribution is 2.21. The maximum Gasteiger partial charge on any atom is 0.276 e. The summed E-state index contributed by atoms with van der Waals surface area (Å²) in [5.74, 6) is 0.653. The summed E-state index contributed by atoms with van der Waals surface area (Å²) >= 11 is 0. The molecule has 3 heterocycles. The zero-order chi connectivity index (χ0) is 14.8. The number of aryl methyl sites for hydroxylation is 1. The minimum atomic E-state index is 0. The average Bonchev–Trinajstić information content (AvgIpc) is 3.02. The number of carbonyl (C=O) groups excluding carboxylic acids is 1. The van der Waals surface area contributed by atoms with E-state index in [1.165, 1.54) is 12.8 Å². The number of hydrogen-bond donors (Lipinski definition) is 1. The first-order valence-electron chi connectivity index (χ1n) is 8.07. The molecule has 0 saturated carbocycles. The van der Waals surface area contributed by atoms with Crippen LogP contribution in [0.5, 0.6) is 0 Å². The first kappa shape index (κ1) is 17.2. The van der Waals surface area contributed by atoms with E-state index in [2.05, 4.69) is 29.5 Å². The average molecular weight is 328 g/mol. The van der Waals surface area contributed by atoms with Crippen LogP contribution in [0.4, 0.5) is 0 Å². The van der Waals surface area contributed by atoms with E-state index in [0.717, 1.165) is 32.5 Å². The number of amides is 1. The van der Waals surface area contributed by atoms with Crippen LogP contribution in [0, 0.1) is 5.92 Å². The van der Waals surface area contributed by atoms with Gasteiger partial charge in [0.1, 0.15) is 0 Å². The van der Waals surface area contributed by atoms with Crippen molar-refractivity contribution in [1.29, 1.82) is 0 Å². The van der Waals surface area contributed by atoms with Crippen LogP contribution < -0.4 is 5.32 Å². The molecule has 2 bridgehead atoms. The van der Waals surface area contributed by atoms with Gasteiger partial charge in [0.25, 0.3) is 5.91 Å². The third-order valence-corrected chi connectivity index (χ3v) is 4.50. The van der Waals surface area contributed by atoms with Crippen LogP contribution in [-0.2, 0) is 6.54 Å². The third-order valence-electron chi connectivity index (χ3n) is 4.50. The highest BCUT2D eigenvalue weighted by atomic mass is 35.5. The number of hydrogen-bond acceptors (Lipinski definition) is 4. The van der Waals surface area contributed by atoms with Gasteiger partial charge in [0, 0.05) is 31.7 Å². The predicted molar refractivity (Wildman–Crippen MR) is 87.2 cm³/mol. The molecule has 124 valence electrons. The standard InChI is InChI=1S/C15H25N5O.ClH/c1-11(2)5-8-20-10-14(17-18-20)15(21)19-7-6-12-3-4-13(9-19)16-12;/h10-13,16H,3-9H2,1-2H3;1H. The van der Waals surface area contributed by atoms with Crippen molar-refractivity contribution < 1.29 is 4.79 Å². The molecule has 2 unspecified atom stereocenters. The molecule has 2 fully saturated rings. The van der Waals surface area contributed by atoms with Crippen molar-refractivity contribution in [2.45, 2.75) is 58.2 Å². The van der Waals surface area contributed by atoms with E-state index < -0.39 is 0 Å².